The third-order valence-corrected chi connectivity index (χ3v) is 11.9. The topological polar surface area (TPSA) is 193 Å². The molecule has 6 amide bonds. The van der Waals surface area contributed by atoms with Crippen LogP contribution in [0.1, 0.15) is 112 Å². The molecule has 0 spiro atoms. The minimum atomic E-state index is -1.06. The maximum atomic E-state index is 14.5. The van der Waals surface area contributed by atoms with Crippen molar-refractivity contribution in [3.63, 3.8) is 0 Å². The van der Waals surface area contributed by atoms with Crippen molar-refractivity contribution in [2.24, 2.45) is 17.8 Å². The second-order valence-electron chi connectivity index (χ2n) is 18.3. The number of hydrogen-bond donors (Lipinski definition) is 4. The van der Waals surface area contributed by atoms with Crippen LogP contribution in [0.25, 0.3) is 0 Å². The maximum absolute atomic E-state index is 14.5. The molecule has 63 heavy (non-hydrogen) atoms. The Morgan fingerprint density at radius 3 is 1.65 bits per heavy atom. The Balaban J connectivity index is 1.49. The van der Waals surface area contributed by atoms with Crippen molar-refractivity contribution >= 4 is 41.6 Å². The van der Waals surface area contributed by atoms with E-state index in [4.69, 9.17) is 9.47 Å². The first-order valence-corrected chi connectivity index (χ1v) is 22.6. The smallest absolute Gasteiger partial charge is 0.410 e. The summed E-state index contributed by atoms with van der Waals surface area (Å²) in [6.45, 7) is 16.9. The van der Waals surface area contributed by atoms with Gasteiger partial charge in [-0.3, -0.25) is 28.9 Å². The Bertz CT molecular complexity index is 1870. The zero-order valence-electron chi connectivity index (χ0n) is 38.6. The van der Waals surface area contributed by atoms with Gasteiger partial charge in [-0.2, -0.15) is 0 Å². The highest BCUT2D eigenvalue weighted by Crippen LogP contribution is 2.24. The van der Waals surface area contributed by atoms with Crippen LogP contribution in [-0.2, 0) is 51.3 Å². The molecular formula is C48H70N6O9. The van der Waals surface area contributed by atoms with E-state index in [9.17, 15) is 33.6 Å². The Kier molecular flexibility index (Phi) is 18.5. The number of ether oxygens (including phenoxy) is 2. The summed E-state index contributed by atoms with van der Waals surface area (Å²) >= 11 is 0. The average molecular weight is 875 g/mol. The molecule has 2 aliphatic heterocycles. The zero-order chi connectivity index (χ0) is 46.4. The lowest BCUT2D eigenvalue weighted by atomic mass is 9.94. The molecule has 15 heteroatoms. The van der Waals surface area contributed by atoms with Crippen LogP contribution in [0, 0.1) is 17.8 Å². The lowest BCUT2D eigenvalue weighted by molar-refractivity contribution is -0.151. The molecule has 15 nitrogen and oxygen atoms in total. The molecule has 2 fully saturated rings. The highest BCUT2D eigenvalue weighted by Gasteiger charge is 2.43. The summed E-state index contributed by atoms with van der Waals surface area (Å²) in [6.07, 6.45) is 2.45. The Morgan fingerprint density at radius 1 is 0.651 bits per heavy atom. The zero-order valence-corrected chi connectivity index (χ0v) is 38.6. The van der Waals surface area contributed by atoms with Gasteiger partial charge in [0.2, 0.25) is 29.5 Å². The van der Waals surface area contributed by atoms with Gasteiger partial charge in [0.25, 0.3) is 0 Å². The van der Waals surface area contributed by atoms with Gasteiger partial charge in [-0.15, -0.1) is 0 Å². The first kappa shape index (κ1) is 50.2. The molecule has 4 rings (SSSR count). The van der Waals surface area contributed by atoms with Gasteiger partial charge in [0.15, 0.2) is 0 Å². The van der Waals surface area contributed by atoms with Crippen LogP contribution in [0.4, 0.5) is 4.79 Å². The Hall–Kier alpha value is -5.47. The van der Waals surface area contributed by atoms with E-state index in [1.54, 1.807) is 34.6 Å². The number of hydrogen-bond acceptors (Lipinski definition) is 9. The summed E-state index contributed by atoms with van der Waals surface area (Å²) in [5.74, 6) is -4.18. The number of esters is 1. The van der Waals surface area contributed by atoms with E-state index in [1.807, 2.05) is 88.4 Å². The van der Waals surface area contributed by atoms with Gasteiger partial charge in [-0.1, -0.05) is 115 Å². The highest BCUT2D eigenvalue weighted by atomic mass is 16.6. The van der Waals surface area contributed by atoms with E-state index in [-0.39, 0.29) is 37.3 Å². The normalized spacial score (nSPS) is 19.2. The van der Waals surface area contributed by atoms with Crippen molar-refractivity contribution in [1.82, 2.24) is 31.1 Å². The largest absolute Gasteiger partial charge is 0.459 e. The molecule has 2 aromatic carbocycles. The fourth-order valence-corrected chi connectivity index (χ4v) is 7.86. The van der Waals surface area contributed by atoms with E-state index < -0.39 is 83.5 Å². The second-order valence-corrected chi connectivity index (χ2v) is 18.3. The standard InChI is InChI=1S/C48H70N6O9/c1-10-31(5)39(44(58)52-40(32(6)11-2)43(57)50-38(30(3)4)46(60)62-29-34-22-16-13-17-23-34)51-42(56)36-24-18-26-53(36)45(59)35(28-33-20-14-12-15-21-33)49-41(55)37-25-19-27-54(37)47(61)63-48(7,8)9/h12-17,20-23,30-32,35-40H,10-11,18-19,24-29H2,1-9H3,(H,49,55)(H,50,57)(H,51,56)(H,52,58)/t31-,32-,35+,36-,37-,38-,39-,40-/m0/s1. The van der Waals surface area contributed by atoms with Crippen molar-refractivity contribution in [2.75, 3.05) is 13.1 Å². The first-order chi connectivity index (χ1) is 29.8. The van der Waals surface area contributed by atoms with Crippen LogP contribution in [0.15, 0.2) is 60.7 Å². The SMILES string of the molecule is CC[C@H](C)[C@H](NC(=O)[C@@H](NC(=O)[C@@H]1CCCN1C(=O)[C@@H](Cc1ccccc1)NC(=O)[C@@H]1CCCN1C(=O)OC(C)(C)C)[C@@H](C)CC)C(=O)N[C@H](C(=O)OCc1ccccc1)C(C)C. The summed E-state index contributed by atoms with van der Waals surface area (Å²) in [5.41, 5.74) is 0.844. The summed E-state index contributed by atoms with van der Waals surface area (Å²) in [4.78, 5) is 99.9. The van der Waals surface area contributed by atoms with Crippen molar-refractivity contribution < 1.29 is 43.0 Å². The lowest BCUT2D eigenvalue weighted by Gasteiger charge is -2.33. The Morgan fingerprint density at radius 2 is 1.13 bits per heavy atom. The number of amides is 6. The molecule has 2 aliphatic rings. The summed E-state index contributed by atoms with van der Waals surface area (Å²) in [5, 5.41) is 11.6. The molecule has 2 heterocycles. The molecule has 0 bridgehead atoms. The summed E-state index contributed by atoms with van der Waals surface area (Å²) in [7, 11) is 0. The third kappa shape index (κ3) is 14.3. The van der Waals surface area contributed by atoms with Crippen LogP contribution in [-0.4, -0.2) is 106 Å². The number of rotatable bonds is 19. The van der Waals surface area contributed by atoms with E-state index in [2.05, 4.69) is 21.3 Å². The minimum absolute atomic E-state index is 0.0436. The van der Waals surface area contributed by atoms with E-state index >= 15 is 0 Å². The maximum Gasteiger partial charge on any atom is 0.410 e. The fraction of sp³-hybridized carbons (Fsp3) is 0.604. The predicted molar refractivity (Wildman–Crippen MR) is 239 cm³/mol. The van der Waals surface area contributed by atoms with Gasteiger partial charge in [0.05, 0.1) is 0 Å². The monoisotopic (exact) mass is 875 g/mol. The Labute approximate surface area is 373 Å². The lowest BCUT2D eigenvalue weighted by Crippen LogP contribution is -2.61. The van der Waals surface area contributed by atoms with Crippen LogP contribution in [0.3, 0.4) is 0 Å². The van der Waals surface area contributed by atoms with Crippen LogP contribution in [0.5, 0.6) is 0 Å². The molecule has 0 saturated carbocycles. The number of likely N-dealkylation sites (tertiary alicyclic amines) is 2. The van der Waals surface area contributed by atoms with Crippen LogP contribution < -0.4 is 21.3 Å². The minimum Gasteiger partial charge on any atom is -0.459 e. The predicted octanol–water partition coefficient (Wildman–Crippen LogP) is 5.05. The van der Waals surface area contributed by atoms with E-state index in [1.165, 1.54) is 9.80 Å². The molecule has 2 aromatic rings. The first-order valence-electron chi connectivity index (χ1n) is 22.6. The summed E-state index contributed by atoms with van der Waals surface area (Å²) in [6, 6.07) is 12.6. The number of carbonyl (C=O) groups excluding carboxylic acids is 7. The fourth-order valence-electron chi connectivity index (χ4n) is 7.86. The molecule has 0 radical (unpaired) electrons. The van der Waals surface area contributed by atoms with Crippen LogP contribution >= 0.6 is 0 Å². The average Bonchev–Trinajstić information content (AvgIpc) is 3.96. The van der Waals surface area contributed by atoms with E-state index in [0.29, 0.717) is 45.1 Å². The quantitative estimate of drug-likeness (QED) is 0.140. The number of nitrogens with one attached hydrogen (secondary N) is 4. The molecular weight excluding hydrogens is 805 g/mol. The summed E-state index contributed by atoms with van der Waals surface area (Å²) < 4.78 is 11.1. The van der Waals surface area contributed by atoms with Crippen molar-refractivity contribution in [2.45, 2.75) is 156 Å². The number of carbonyl (C=O) groups is 7. The van der Waals surface area contributed by atoms with Gasteiger partial charge >= 0.3 is 12.1 Å². The molecule has 8 atom stereocenters. The van der Waals surface area contributed by atoms with Crippen molar-refractivity contribution in [1.29, 1.82) is 0 Å². The molecule has 0 aliphatic carbocycles. The molecule has 2 saturated heterocycles. The second kappa shape index (κ2) is 23.3. The van der Waals surface area contributed by atoms with Crippen molar-refractivity contribution in [3.8, 4) is 0 Å². The third-order valence-electron chi connectivity index (χ3n) is 11.9. The molecule has 4 N–H and O–H groups in total. The molecule has 0 unspecified atom stereocenters. The number of nitrogens with zero attached hydrogens (tertiary/aromatic N) is 2. The van der Waals surface area contributed by atoms with E-state index in [0.717, 1.165) is 11.1 Å². The molecule has 346 valence electrons. The van der Waals surface area contributed by atoms with Gasteiger partial charge in [-0.25, -0.2) is 9.59 Å². The van der Waals surface area contributed by atoms with Crippen LogP contribution in [0.2, 0.25) is 0 Å². The number of benzene rings is 2. The van der Waals surface area contributed by atoms with Gasteiger partial charge in [0.1, 0.15) is 48.5 Å². The highest BCUT2D eigenvalue weighted by molar-refractivity contribution is 5.97. The van der Waals surface area contributed by atoms with Gasteiger partial charge < -0.3 is 35.6 Å². The molecule has 0 aromatic heterocycles. The van der Waals surface area contributed by atoms with Crippen molar-refractivity contribution in [3.05, 3.63) is 71.8 Å². The van der Waals surface area contributed by atoms with Gasteiger partial charge in [0, 0.05) is 19.5 Å². The van der Waals surface area contributed by atoms with Gasteiger partial charge in [-0.05, 0) is 75.3 Å².